The lowest BCUT2D eigenvalue weighted by atomic mass is 10.0. The van der Waals surface area contributed by atoms with Gasteiger partial charge in [-0.15, -0.1) is 6.58 Å². The third kappa shape index (κ3) is 9.25. The molecule has 0 spiro atoms. The Labute approximate surface area is 178 Å². The van der Waals surface area contributed by atoms with Gasteiger partial charge in [-0.25, -0.2) is 0 Å². The summed E-state index contributed by atoms with van der Waals surface area (Å²) in [5, 5.41) is 10.8. The second-order valence-corrected chi connectivity index (χ2v) is 21.0. The minimum atomic E-state index is -1.90. The van der Waals surface area contributed by atoms with Crippen molar-refractivity contribution in [3.05, 3.63) is 12.7 Å². The average Bonchev–Trinajstić information content (AvgIpc) is 2.49. The number of hydrogen-bond acceptors (Lipinski definition) is 3. The summed E-state index contributed by atoms with van der Waals surface area (Å²) in [6.45, 7) is 28.7. The Morgan fingerprint density at radius 3 is 1.68 bits per heavy atom. The van der Waals surface area contributed by atoms with E-state index in [9.17, 15) is 5.11 Å². The third-order valence-electron chi connectivity index (χ3n) is 6.78. The van der Waals surface area contributed by atoms with Gasteiger partial charge in [-0.1, -0.05) is 66.9 Å². The van der Waals surface area contributed by atoms with E-state index in [1.54, 1.807) is 6.08 Å². The average molecular weight is 431 g/mol. The van der Waals surface area contributed by atoms with E-state index < -0.39 is 22.7 Å². The molecule has 0 fully saturated rings. The van der Waals surface area contributed by atoms with Crippen LogP contribution in [0.5, 0.6) is 0 Å². The quantitative estimate of drug-likeness (QED) is 0.201. The minimum absolute atomic E-state index is 0.140. The molecule has 0 amide bonds. The SMILES string of the molecule is C=C[C@H](O)[C@H](CCCCC[C@H](C)O[Si](C)(C)C(C)(C)C)O[Si](C)(C)C(C)(C)C. The fraction of sp³-hybridized carbons (Fsp3) is 0.913. The summed E-state index contributed by atoms with van der Waals surface area (Å²) in [4.78, 5) is 0. The first-order valence-corrected chi connectivity index (χ1v) is 16.9. The first-order valence-electron chi connectivity index (χ1n) is 11.1. The first kappa shape index (κ1) is 28.1. The smallest absolute Gasteiger partial charge is 0.192 e. The highest BCUT2D eigenvalue weighted by Gasteiger charge is 2.40. The van der Waals surface area contributed by atoms with Crippen LogP contribution in [-0.2, 0) is 8.85 Å². The van der Waals surface area contributed by atoms with Crippen LogP contribution in [0.2, 0.25) is 36.3 Å². The number of aliphatic hydroxyl groups is 1. The van der Waals surface area contributed by atoms with Gasteiger partial charge in [-0.3, -0.25) is 0 Å². The minimum Gasteiger partial charge on any atom is -0.414 e. The molecular weight excluding hydrogens is 380 g/mol. The summed E-state index contributed by atoms with van der Waals surface area (Å²) in [7, 11) is -3.58. The molecular formula is C23H50O3Si2. The van der Waals surface area contributed by atoms with Crippen molar-refractivity contribution in [2.75, 3.05) is 0 Å². The third-order valence-corrected chi connectivity index (χ3v) is 15.9. The van der Waals surface area contributed by atoms with Crippen molar-refractivity contribution in [1.29, 1.82) is 0 Å². The molecule has 0 aromatic rings. The van der Waals surface area contributed by atoms with Crippen LogP contribution >= 0.6 is 0 Å². The lowest BCUT2D eigenvalue weighted by Crippen LogP contribution is -2.46. The molecule has 0 aliphatic carbocycles. The molecule has 0 saturated heterocycles. The summed E-state index contributed by atoms with van der Waals surface area (Å²) in [5.74, 6) is 0. The Bertz CT molecular complexity index is 461. The van der Waals surface area contributed by atoms with E-state index in [4.69, 9.17) is 8.85 Å². The standard InChI is InChI=1S/C23H50O3Si2/c1-13-20(24)21(26-28(11,12)23(6,7)8)18-16-14-15-17-19(2)25-27(9,10)22(3,4)5/h13,19-21,24H,1,14-18H2,2-12H3/t19-,20-,21-/m0/s1. The van der Waals surface area contributed by atoms with E-state index in [-0.39, 0.29) is 16.2 Å². The summed E-state index contributed by atoms with van der Waals surface area (Å²) in [6, 6.07) is 0. The molecule has 0 rings (SSSR count). The van der Waals surface area contributed by atoms with Crippen LogP contribution in [0.4, 0.5) is 0 Å². The molecule has 168 valence electrons. The van der Waals surface area contributed by atoms with E-state index in [1.807, 2.05) is 0 Å². The summed E-state index contributed by atoms with van der Waals surface area (Å²) in [6.07, 6.45) is 6.57. The van der Waals surface area contributed by atoms with Gasteiger partial charge in [-0.2, -0.15) is 0 Å². The van der Waals surface area contributed by atoms with E-state index in [0.29, 0.717) is 6.10 Å². The summed E-state index contributed by atoms with van der Waals surface area (Å²) >= 11 is 0. The van der Waals surface area contributed by atoms with Gasteiger partial charge in [0.2, 0.25) is 0 Å². The van der Waals surface area contributed by atoms with E-state index >= 15 is 0 Å². The van der Waals surface area contributed by atoms with Crippen molar-refractivity contribution >= 4 is 16.6 Å². The largest absolute Gasteiger partial charge is 0.414 e. The van der Waals surface area contributed by atoms with Crippen molar-refractivity contribution < 1.29 is 14.0 Å². The van der Waals surface area contributed by atoms with Crippen molar-refractivity contribution in [2.24, 2.45) is 0 Å². The van der Waals surface area contributed by atoms with E-state index in [1.165, 1.54) is 0 Å². The highest BCUT2D eigenvalue weighted by Crippen LogP contribution is 2.39. The van der Waals surface area contributed by atoms with Crippen molar-refractivity contribution in [1.82, 2.24) is 0 Å². The van der Waals surface area contributed by atoms with Crippen molar-refractivity contribution in [2.45, 2.75) is 135 Å². The maximum Gasteiger partial charge on any atom is 0.192 e. The molecule has 0 unspecified atom stereocenters. The highest BCUT2D eigenvalue weighted by molar-refractivity contribution is 6.74. The fourth-order valence-corrected chi connectivity index (χ4v) is 5.54. The zero-order valence-corrected chi connectivity index (χ0v) is 22.8. The van der Waals surface area contributed by atoms with Crippen LogP contribution in [0, 0.1) is 0 Å². The van der Waals surface area contributed by atoms with Gasteiger partial charge in [0.25, 0.3) is 0 Å². The molecule has 3 nitrogen and oxygen atoms in total. The Balaban J connectivity index is 4.48. The van der Waals surface area contributed by atoms with Gasteiger partial charge in [0.1, 0.15) is 0 Å². The van der Waals surface area contributed by atoms with Gasteiger partial charge in [0.15, 0.2) is 16.6 Å². The zero-order chi connectivity index (χ0) is 22.4. The molecule has 28 heavy (non-hydrogen) atoms. The number of aliphatic hydroxyl groups excluding tert-OH is 1. The fourth-order valence-electron chi connectivity index (χ4n) is 2.70. The Morgan fingerprint density at radius 2 is 1.25 bits per heavy atom. The van der Waals surface area contributed by atoms with Crippen molar-refractivity contribution in [3.63, 3.8) is 0 Å². The van der Waals surface area contributed by atoms with Crippen LogP contribution in [0.25, 0.3) is 0 Å². The van der Waals surface area contributed by atoms with Crippen LogP contribution in [-0.4, -0.2) is 40.1 Å². The van der Waals surface area contributed by atoms with Gasteiger partial charge < -0.3 is 14.0 Å². The molecule has 0 heterocycles. The Hall–Kier alpha value is 0.0538. The lowest BCUT2D eigenvalue weighted by Gasteiger charge is -2.40. The first-order chi connectivity index (χ1) is 12.4. The van der Waals surface area contributed by atoms with Crippen LogP contribution < -0.4 is 0 Å². The predicted molar refractivity (Wildman–Crippen MR) is 129 cm³/mol. The molecule has 0 bridgehead atoms. The number of rotatable bonds is 12. The molecule has 3 atom stereocenters. The number of hydrogen-bond donors (Lipinski definition) is 1. The van der Waals surface area contributed by atoms with Gasteiger partial charge in [-0.05, 0) is 56.0 Å². The molecule has 0 aliphatic heterocycles. The molecule has 0 aromatic heterocycles. The molecule has 0 radical (unpaired) electrons. The second-order valence-electron chi connectivity index (χ2n) is 11.5. The predicted octanol–water partition coefficient (Wildman–Crippen LogP) is 7.28. The lowest BCUT2D eigenvalue weighted by molar-refractivity contribution is 0.0495. The maximum absolute atomic E-state index is 10.4. The second kappa shape index (κ2) is 10.9. The van der Waals surface area contributed by atoms with E-state index in [0.717, 1.165) is 32.1 Å². The summed E-state index contributed by atoms with van der Waals surface area (Å²) < 4.78 is 12.9. The van der Waals surface area contributed by atoms with Gasteiger partial charge in [0, 0.05) is 6.10 Å². The van der Waals surface area contributed by atoms with E-state index in [2.05, 4.69) is 81.2 Å². The highest BCUT2D eigenvalue weighted by atomic mass is 28.4. The van der Waals surface area contributed by atoms with Crippen molar-refractivity contribution in [3.8, 4) is 0 Å². The maximum atomic E-state index is 10.4. The van der Waals surface area contributed by atoms with Gasteiger partial charge in [0.05, 0.1) is 12.2 Å². The van der Waals surface area contributed by atoms with Crippen LogP contribution in [0.15, 0.2) is 12.7 Å². The Kier molecular flexibility index (Phi) is 10.9. The molecule has 0 saturated carbocycles. The van der Waals surface area contributed by atoms with Crippen LogP contribution in [0.3, 0.4) is 0 Å². The zero-order valence-electron chi connectivity index (χ0n) is 20.8. The molecule has 5 heteroatoms. The summed E-state index contributed by atoms with van der Waals surface area (Å²) in [5.41, 5.74) is 0. The topological polar surface area (TPSA) is 38.7 Å². The monoisotopic (exact) mass is 430 g/mol. The molecule has 1 N–H and O–H groups in total. The number of unbranched alkanes of at least 4 members (excludes halogenated alkanes) is 2. The Morgan fingerprint density at radius 1 is 0.821 bits per heavy atom. The van der Waals surface area contributed by atoms with Crippen LogP contribution in [0.1, 0.15) is 80.6 Å². The van der Waals surface area contributed by atoms with Gasteiger partial charge >= 0.3 is 0 Å². The molecule has 0 aromatic carbocycles. The normalized spacial score (nSPS) is 17.3. The molecule has 0 aliphatic rings.